The third-order valence-corrected chi connectivity index (χ3v) is 3.40. The summed E-state index contributed by atoms with van der Waals surface area (Å²) >= 11 is 3.45. The molecule has 2 aromatic rings. The summed E-state index contributed by atoms with van der Waals surface area (Å²) in [6.07, 6.45) is 1.58. The van der Waals surface area contributed by atoms with Crippen LogP contribution in [-0.4, -0.2) is 13.3 Å². The molecule has 0 aliphatic carbocycles. The van der Waals surface area contributed by atoms with Gasteiger partial charge < -0.3 is 15.3 Å². The van der Waals surface area contributed by atoms with Crippen LogP contribution < -0.4 is 15.3 Å². The van der Waals surface area contributed by atoms with E-state index in [2.05, 4.69) is 21.0 Å². The van der Waals surface area contributed by atoms with Crippen LogP contribution in [0.5, 0.6) is 11.5 Å². The summed E-state index contributed by atoms with van der Waals surface area (Å²) in [4.78, 5) is 0. The molecule has 0 radical (unpaired) electrons. The first-order valence-electron chi connectivity index (χ1n) is 6.02. The Morgan fingerprint density at radius 1 is 1.20 bits per heavy atom. The monoisotopic (exact) mass is 334 g/mol. The van der Waals surface area contributed by atoms with Crippen molar-refractivity contribution in [2.24, 2.45) is 10.9 Å². The average Bonchev–Trinajstić information content (AvgIpc) is 2.47. The van der Waals surface area contributed by atoms with E-state index < -0.39 is 0 Å². The zero-order chi connectivity index (χ0) is 14.4. The summed E-state index contributed by atoms with van der Waals surface area (Å²) in [5.74, 6) is 6.72. The van der Waals surface area contributed by atoms with E-state index >= 15 is 0 Å². The minimum atomic E-state index is 0.401. The van der Waals surface area contributed by atoms with Gasteiger partial charge >= 0.3 is 0 Å². The molecule has 2 N–H and O–H groups in total. The lowest BCUT2D eigenvalue weighted by molar-refractivity contribution is 0.295. The highest BCUT2D eigenvalue weighted by Gasteiger charge is 2.06. The smallest absolute Gasteiger partial charge is 0.133 e. The van der Waals surface area contributed by atoms with Crippen molar-refractivity contribution in [2.45, 2.75) is 6.61 Å². The largest absolute Gasteiger partial charge is 0.496 e. The predicted molar refractivity (Wildman–Crippen MR) is 83.2 cm³/mol. The normalized spacial score (nSPS) is 10.7. The highest BCUT2D eigenvalue weighted by atomic mass is 79.9. The maximum absolute atomic E-state index is 5.80. The minimum absolute atomic E-state index is 0.401. The van der Waals surface area contributed by atoms with Crippen LogP contribution in [0.25, 0.3) is 0 Å². The van der Waals surface area contributed by atoms with E-state index in [-0.39, 0.29) is 0 Å². The number of hydrogen-bond donors (Lipinski definition) is 1. The molecule has 0 amide bonds. The Hall–Kier alpha value is -2.01. The van der Waals surface area contributed by atoms with Gasteiger partial charge in [-0.3, -0.25) is 0 Å². The molecular formula is C15H15BrN2O2. The molecular weight excluding hydrogens is 320 g/mol. The molecule has 20 heavy (non-hydrogen) atoms. The van der Waals surface area contributed by atoms with E-state index in [1.54, 1.807) is 13.3 Å². The van der Waals surface area contributed by atoms with Crippen LogP contribution in [0.2, 0.25) is 0 Å². The maximum atomic E-state index is 5.80. The standard InChI is InChI=1S/C15H15BrN2O2/c1-19-14-7-6-11(9-18-17)8-12(14)10-20-15-5-3-2-4-13(15)16/h2-9H,10,17H2,1H3. The van der Waals surface area contributed by atoms with E-state index in [9.17, 15) is 0 Å². The van der Waals surface area contributed by atoms with Crippen LogP contribution in [0, 0.1) is 0 Å². The van der Waals surface area contributed by atoms with Gasteiger partial charge in [0.25, 0.3) is 0 Å². The van der Waals surface area contributed by atoms with Crippen LogP contribution in [-0.2, 0) is 6.61 Å². The molecule has 0 bridgehead atoms. The van der Waals surface area contributed by atoms with Gasteiger partial charge in [-0.2, -0.15) is 5.10 Å². The Balaban J connectivity index is 2.19. The Kier molecular flexibility index (Phi) is 5.01. The van der Waals surface area contributed by atoms with Gasteiger partial charge in [0.2, 0.25) is 0 Å². The number of hydrazone groups is 1. The molecule has 5 heteroatoms. The third kappa shape index (κ3) is 3.51. The lowest BCUT2D eigenvalue weighted by Crippen LogP contribution is -2.00. The van der Waals surface area contributed by atoms with Crippen molar-refractivity contribution < 1.29 is 9.47 Å². The molecule has 4 nitrogen and oxygen atoms in total. The van der Waals surface area contributed by atoms with Gasteiger partial charge in [0.05, 0.1) is 17.8 Å². The Bertz CT molecular complexity index is 615. The van der Waals surface area contributed by atoms with Gasteiger partial charge in [0.1, 0.15) is 18.1 Å². The molecule has 0 saturated carbocycles. The Morgan fingerprint density at radius 3 is 2.70 bits per heavy atom. The summed E-state index contributed by atoms with van der Waals surface area (Å²) in [7, 11) is 1.63. The molecule has 0 aromatic heterocycles. The predicted octanol–water partition coefficient (Wildman–Crippen LogP) is 3.33. The highest BCUT2D eigenvalue weighted by molar-refractivity contribution is 9.10. The first-order chi connectivity index (χ1) is 9.74. The quantitative estimate of drug-likeness (QED) is 0.518. The molecule has 0 aliphatic rings. The van der Waals surface area contributed by atoms with Gasteiger partial charge in [0, 0.05) is 5.56 Å². The molecule has 0 atom stereocenters. The van der Waals surface area contributed by atoms with Crippen molar-refractivity contribution in [1.82, 2.24) is 0 Å². The van der Waals surface area contributed by atoms with Gasteiger partial charge in [-0.05, 0) is 51.8 Å². The zero-order valence-corrected chi connectivity index (χ0v) is 12.6. The number of rotatable bonds is 5. The molecule has 0 saturated heterocycles. The van der Waals surface area contributed by atoms with E-state index in [0.717, 1.165) is 27.1 Å². The number of hydrogen-bond acceptors (Lipinski definition) is 4. The first-order valence-corrected chi connectivity index (χ1v) is 6.81. The van der Waals surface area contributed by atoms with Crippen molar-refractivity contribution in [2.75, 3.05) is 7.11 Å². The molecule has 2 rings (SSSR count). The fourth-order valence-corrected chi connectivity index (χ4v) is 2.19. The van der Waals surface area contributed by atoms with Crippen LogP contribution in [0.1, 0.15) is 11.1 Å². The number of nitrogens with two attached hydrogens (primary N) is 1. The highest BCUT2D eigenvalue weighted by Crippen LogP contribution is 2.26. The number of methoxy groups -OCH3 is 1. The SMILES string of the molecule is COc1ccc(C=NN)cc1COc1ccccc1Br. The zero-order valence-electron chi connectivity index (χ0n) is 11.0. The maximum Gasteiger partial charge on any atom is 0.133 e. The minimum Gasteiger partial charge on any atom is -0.496 e. The number of ether oxygens (including phenoxy) is 2. The Labute approximate surface area is 126 Å². The lowest BCUT2D eigenvalue weighted by atomic mass is 10.1. The number of benzene rings is 2. The van der Waals surface area contributed by atoms with Crippen molar-refractivity contribution in [3.8, 4) is 11.5 Å². The van der Waals surface area contributed by atoms with Crippen molar-refractivity contribution in [1.29, 1.82) is 0 Å². The summed E-state index contributed by atoms with van der Waals surface area (Å²) in [6.45, 7) is 0.401. The molecule has 2 aromatic carbocycles. The topological polar surface area (TPSA) is 56.8 Å². The Morgan fingerprint density at radius 2 is 2.00 bits per heavy atom. The number of nitrogens with zero attached hydrogens (tertiary/aromatic N) is 1. The van der Waals surface area contributed by atoms with Crippen LogP contribution in [0.15, 0.2) is 52.0 Å². The van der Waals surface area contributed by atoms with E-state index in [4.69, 9.17) is 15.3 Å². The van der Waals surface area contributed by atoms with E-state index in [0.29, 0.717) is 6.61 Å². The molecule has 0 fully saturated rings. The van der Waals surface area contributed by atoms with Crippen molar-refractivity contribution >= 4 is 22.1 Å². The molecule has 104 valence electrons. The second-order valence-electron chi connectivity index (χ2n) is 4.07. The van der Waals surface area contributed by atoms with Crippen LogP contribution >= 0.6 is 15.9 Å². The number of para-hydroxylation sites is 1. The fraction of sp³-hybridized carbons (Fsp3) is 0.133. The van der Waals surface area contributed by atoms with Gasteiger partial charge in [-0.1, -0.05) is 12.1 Å². The van der Waals surface area contributed by atoms with Crippen LogP contribution in [0.4, 0.5) is 0 Å². The van der Waals surface area contributed by atoms with E-state index in [1.807, 2.05) is 42.5 Å². The molecule has 0 unspecified atom stereocenters. The van der Waals surface area contributed by atoms with Gasteiger partial charge in [0.15, 0.2) is 0 Å². The lowest BCUT2D eigenvalue weighted by Gasteiger charge is -2.12. The third-order valence-electron chi connectivity index (χ3n) is 2.75. The van der Waals surface area contributed by atoms with Crippen LogP contribution in [0.3, 0.4) is 0 Å². The molecule has 0 heterocycles. The fourth-order valence-electron chi connectivity index (χ4n) is 1.79. The average molecular weight is 335 g/mol. The summed E-state index contributed by atoms with van der Waals surface area (Å²) in [5, 5.41) is 3.52. The van der Waals surface area contributed by atoms with Gasteiger partial charge in [-0.25, -0.2) is 0 Å². The molecule has 0 spiro atoms. The summed E-state index contributed by atoms with van der Waals surface area (Å²) < 4.78 is 12.0. The summed E-state index contributed by atoms with van der Waals surface area (Å²) in [5.41, 5.74) is 1.83. The second-order valence-corrected chi connectivity index (χ2v) is 4.92. The second kappa shape index (κ2) is 6.96. The first kappa shape index (κ1) is 14.4. The van der Waals surface area contributed by atoms with E-state index in [1.165, 1.54) is 0 Å². The number of halogens is 1. The molecule has 0 aliphatic heterocycles. The van der Waals surface area contributed by atoms with Crippen molar-refractivity contribution in [3.05, 3.63) is 58.1 Å². The van der Waals surface area contributed by atoms with Gasteiger partial charge in [-0.15, -0.1) is 0 Å². The summed E-state index contributed by atoms with van der Waals surface area (Å²) in [6, 6.07) is 13.4. The van der Waals surface area contributed by atoms with Crippen molar-refractivity contribution in [3.63, 3.8) is 0 Å².